The Hall–Kier alpha value is -1.96. The Kier molecular flexibility index (Phi) is 3.76. The van der Waals surface area contributed by atoms with E-state index in [4.69, 9.17) is 17.0 Å². The van der Waals surface area contributed by atoms with E-state index in [1.54, 1.807) is 4.57 Å². The molecule has 0 bridgehead atoms. The van der Waals surface area contributed by atoms with E-state index in [2.05, 4.69) is 20.3 Å². The second-order valence-electron chi connectivity index (χ2n) is 5.40. The van der Waals surface area contributed by atoms with Crippen molar-refractivity contribution >= 4 is 29.3 Å². The molecule has 2 N–H and O–H groups in total. The van der Waals surface area contributed by atoms with Gasteiger partial charge in [-0.1, -0.05) is 0 Å². The summed E-state index contributed by atoms with van der Waals surface area (Å²) >= 11 is 5.22. The lowest BCUT2D eigenvalue weighted by molar-refractivity contribution is -0.123. The number of fused-ring (bicyclic) bond motifs is 1. The minimum absolute atomic E-state index is 0.0935. The number of carbonyl (C=O) groups excluding carboxylic acids is 1. The second-order valence-corrected chi connectivity index (χ2v) is 5.78. The van der Waals surface area contributed by atoms with Crippen LogP contribution >= 0.6 is 12.2 Å². The zero-order valence-electron chi connectivity index (χ0n) is 11.9. The average Bonchev–Trinajstić information content (AvgIpc) is 2.63. The number of ether oxygens (including phenoxy) is 1. The first-order valence-corrected chi connectivity index (χ1v) is 6.51. The van der Waals surface area contributed by atoms with Crippen molar-refractivity contribution in [3.05, 3.63) is 11.1 Å². The van der Waals surface area contributed by atoms with E-state index in [1.807, 2.05) is 20.8 Å². The van der Waals surface area contributed by atoms with Crippen LogP contribution in [0.1, 0.15) is 20.8 Å². The molecule has 0 radical (unpaired) electrons. The van der Waals surface area contributed by atoms with Crippen LogP contribution < -0.4 is 10.1 Å². The molecule has 0 spiro atoms. The highest BCUT2D eigenvalue weighted by Crippen LogP contribution is 2.19. The highest BCUT2D eigenvalue weighted by Gasteiger charge is 2.17. The number of methoxy groups -OCH3 is 1. The first-order valence-electron chi connectivity index (χ1n) is 6.10. The van der Waals surface area contributed by atoms with Crippen LogP contribution in [0.5, 0.6) is 5.88 Å². The van der Waals surface area contributed by atoms with Crippen molar-refractivity contribution in [2.24, 2.45) is 0 Å². The van der Waals surface area contributed by atoms with Crippen molar-refractivity contribution in [1.82, 2.24) is 24.8 Å². The Labute approximate surface area is 121 Å². The quantitative estimate of drug-likeness (QED) is 0.836. The average molecular weight is 295 g/mol. The molecule has 2 aromatic rings. The molecule has 2 heterocycles. The topological polar surface area (TPSA) is 84.8 Å². The molecule has 7 nitrogen and oxygen atoms in total. The molecule has 108 valence electrons. The van der Waals surface area contributed by atoms with Gasteiger partial charge in [0.05, 0.1) is 7.11 Å². The summed E-state index contributed by atoms with van der Waals surface area (Å²) in [6.45, 7) is 5.86. The molecule has 0 aliphatic carbocycles. The van der Waals surface area contributed by atoms with Gasteiger partial charge >= 0.3 is 0 Å². The first-order chi connectivity index (χ1) is 9.31. The van der Waals surface area contributed by atoms with Crippen molar-refractivity contribution in [2.45, 2.75) is 32.9 Å². The van der Waals surface area contributed by atoms with Gasteiger partial charge in [-0.25, -0.2) is 4.98 Å². The molecule has 8 heteroatoms. The van der Waals surface area contributed by atoms with Crippen LogP contribution in [0.25, 0.3) is 11.2 Å². The predicted molar refractivity (Wildman–Crippen MR) is 77.2 cm³/mol. The Balaban J connectivity index is 2.38. The molecule has 2 aromatic heterocycles. The first kappa shape index (κ1) is 14.4. The van der Waals surface area contributed by atoms with Gasteiger partial charge in [-0.3, -0.25) is 9.36 Å². The van der Waals surface area contributed by atoms with Crippen LogP contribution in [0, 0.1) is 4.77 Å². The summed E-state index contributed by atoms with van der Waals surface area (Å²) in [5.74, 6) is 0.267. The lowest BCUT2D eigenvalue weighted by atomic mass is 10.1. The van der Waals surface area contributed by atoms with Gasteiger partial charge < -0.3 is 15.0 Å². The Morgan fingerprint density at radius 1 is 1.50 bits per heavy atom. The third-order valence-electron chi connectivity index (χ3n) is 2.53. The maximum absolute atomic E-state index is 12.0. The molecular weight excluding hydrogens is 278 g/mol. The van der Waals surface area contributed by atoms with Crippen molar-refractivity contribution in [2.75, 3.05) is 7.11 Å². The van der Waals surface area contributed by atoms with Gasteiger partial charge in [0.25, 0.3) is 0 Å². The van der Waals surface area contributed by atoms with E-state index >= 15 is 0 Å². The van der Waals surface area contributed by atoms with Crippen LogP contribution in [0.3, 0.4) is 0 Å². The number of amides is 1. The molecule has 0 unspecified atom stereocenters. The number of rotatable bonds is 3. The molecule has 20 heavy (non-hydrogen) atoms. The van der Waals surface area contributed by atoms with Crippen molar-refractivity contribution in [1.29, 1.82) is 0 Å². The van der Waals surface area contributed by atoms with Gasteiger partial charge in [0.15, 0.2) is 10.4 Å². The number of hydrogen-bond acceptors (Lipinski definition) is 5. The molecule has 0 saturated heterocycles. The fourth-order valence-electron chi connectivity index (χ4n) is 1.85. The molecule has 1 amide bonds. The Bertz CT molecular complexity index is 698. The number of carbonyl (C=O) groups is 1. The molecule has 0 fully saturated rings. The Morgan fingerprint density at radius 2 is 2.20 bits per heavy atom. The van der Waals surface area contributed by atoms with E-state index in [9.17, 15) is 4.79 Å². The van der Waals surface area contributed by atoms with E-state index in [0.717, 1.165) is 0 Å². The normalized spacial score (nSPS) is 11.6. The second kappa shape index (κ2) is 5.20. The number of hydrogen-bond donors (Lipinski definition) is 2. The van der Waals surface area contributed by atoms with Crippen LogP contribution in [-0.4, -0.2) is 38.1 Å². The van der Waals surface area contributed by atoms with Gasteiger partial charge in [0, 0.05) is 5.54 Å². The van der Waals surface area contributed by atoms with Gasteiger partial charge in [0.1, 0.15) is 18.4 Å². The van der Waals surface area contributed by atoms with Gasteiger partial charge in [-0.15, -0.1) is 0 Å². The summed E-state index contributed by atoms with van der Waals surface area (Å²) in [5, 5.41) is 2.88. The van der Waals surface area contributed by atoms with Crippen molar-refractivity contribution in [3.8, 4) is 5.88 Å². The van der Waals surface area contributed by atoms with Gasteiger partial charge in [-0.05, 0) is 33.0 Å². The summed E-state index contributed by atoms with van der Waals surface area (Å²) < 4.78 is 7.17. The molecule has 2 rings (SSSR count). The maximum Gasteiger partial charge on any atom is 0.242 e. The third-order valence-corrected chi connectivity index (χ3v) is 2.86. The fraction of sp³-hybridized carbons (Fsp3) is 0.500. The SMILES string of the molecule is COc1ncnc2c1[nH]c(=S)n2CC(=O)NC(C)(C)C. The minimum atomic E-state index is -0.294. The zero-order valence-corrected chi connectivity index (χ0v) is 12.7. The Morgan fingerprint density at radius 3 is 2.80 bits per heavy atom. The lowest BCUT2D eigenvalue weighted by Crippen LogP contribution is -2.42. The molecule has 0 aliphatic heterocycles. The number of aromatic amines is 1. The van der Waals surface area contributed by atoms with Crippen molar-refractivity contribution < 1.29 is 9.53 Å². The maximum atomic E-state index is 12.0. The van der Waals surface area contributed by atoms with Crippen LogP contribution in [0.2, 0.25) is 0 Å². The summed E-state index contributed by atoms with van der Waals surface area (Å²) in [7, 11) is 1.52. The van der Waals surface area contributed by atoms with E-state index < -0.39 is 0 Å². The van der Waals surface area contributed by atoms with Crippen molar-refractivity contribution in [3.63, 3.8) is 0 Å². The molecular formula is C12H17N5O2S. The van der Waals surface area contributed by atoms with E-state index in [0.29, 0.717) is 21.8 Å². The summed E-state index contributed by atoms with van der Waals surface area (Å²) in [4.78, 5) is 23.1. The lowest BCUT2D eigenvalue weighted by Gasteiger charge is -2.20. The summed E-state index contributed by atoms with van der Waals surface area (Å²) in [6.07, 6.45) is 1.38. The zero-order chi connectivity index (χ0) is 14.9. The van der Waals surface area contributed by atoms with Crippen LogP contribution in [-0.2, 0) is 11.3 Å². The molecule has 0 atom stereocenters. The molecule has 0 aromatic carbocycles. The predicted octanol–water partition coefficient (Wildman–Crippen LogP) is 1.41. The fourth-order valence-corrected chi connectivity index (χ4v) is 2.10. The third kappa shape index (κ3) is 2.96. The largest absolute Gasteiger partial charge is 0.479 e. The number of aromatic nitrogens is 4. The van der Waals surface area contributed by atoms with Gasteiger partial charge in [-0.2, -0.15) is 4.98 Å². The standard InChI is InChI=1S/C12H17N5O2S/c1-12(2,3)16-7(18)5-17-9-8(15-11(17)20)10(19-4)14-6-13-9/h6H,5H2,1-4H3,(H,15,20)(H,16,18). The number of nitrogens with one attached hydrogen (secondary N) is 2. The summed E-state index contributed by atoms with van der Waals surface area (Å²) in [6, 6.07) is 0. The molecule has 0 saturated carbocycles. The number of H-pyrrole nitrogens is 1. The highest BCUT2D eigenvalue weighted by molar-refractivity contribution is 7.71. The minimum Gasteiger partial charge on any atom is -0.479 e. The van der Waals surface area contributed by atoms with E-state index in [1.165, 1.54) is 13.4 Å². The van der Waals surface area contributed by atoms with Crippen LogP contribution in [0.15, 0.2) is 6.33 Å². The summed E-state index contributed by atoms with van der Waals surface area (Å²) in [5.41, 5.74) is 0.840. The number of nitrogens with zero attached hydrogens (tertiary/aromatic N) is 3. The monoisotopic (exact) mass is 295 g/mol. The van der Waals surface area contributed by atoms with Crippen LogP contribution in [0.4, 0.5) is 0 Å². The number of imidazole rings is 1. The molecule has 0 aliphatic rings. The smallest absolute Gasteiger partial charge is 0.242 e. The van der Waals surface area contributed by atoms with Gasteiger partial charge in [0.2, 0.25) is 11.8 Å². The van der Waals surface area contributed by atoms with E-state index in [-0.39, 0.29) is 18.0 Å². The highest BCUT2D eigenvalue weighted by atomic mass is 32.1.